The van der Waals surface area contributed by atoms with Gasteiger partial charge in [0.2, 0.25) is 0 Å². The van der Waals surface area contributed by atoms with E-state index in [9.17, 15) is 8.78 Å². The average Bonchev–Trinajstić information content (AvgIpc) is 2.78. The third-order valence-corrected chi connectivity index (χ3v) is 6.52. The lowest BCUT2D eigenvalue weighted by molar-refractivity contribution is 0.101. The summed E-state index contributed by atoms with van der Waals surface area (Å²) < 4.78 is 44.3. The Hall–Kier alpha value is -2.80. The lowest BCUT2D eigenvalue weighted by atomic mass is 9.77. The molecule has 3 aromatic rings. The Morgan fingerprint density at radius 3 is 2.48 bits per heavy atom. The van der Waals surface area contributed by atoms with E-state index in [1.807, 2.05) is 30.3 Å². The Morgan fingerprint density at radius 1 is 0.968 bits per heavy atom. The van der Waals surface area contributed by atoms with Gasteiger partial charge in [-0.2, -0.15) is 5.26 Å². The van der Waals surface area contributed by atoms with Crippen molar-refractivity contribution in [1.29, 1.82) is 5.26 Å². The molecule has 4 heteroatoms. The molecule has 0 bridgehead atoms. The van der Waals surface area contributed by atoms with Crippen LogP contribution in [0.15, 0.2) is 48.5 Å². The molecule has 4 rings (SSSR count). The Bertz CT molecular complexity index is 1130. The third-order valence-electron chi connectivity index (χ3n) is 6.52. The standard InChI is InChI=1S/C27H26F3N/c1-2-3-4-5-6-23-26(29)15-24-21-11-9-17(13-19(21)10-12-22(24)27(23)30)18-7-8-20(16-31)25(28)14-18/h7-14,23,26-27H,2-6,15H2,1H3. The van der Waals surface area contributed by atoms with Gasteiger partial charge in [-0.25, -0.2) is 13.2 Å². The molecular formula is C27H26F3N. The lowest BCUT2D eigenvalue weighted by Crippen LogP contribution is -2.29. The van der Waals surface area contributed by atoms with Gasteiger partial charge in [-0.05, 0) is 57.6 Å². The fourth-order valence-electron chi connectivity index (χ4n) is 4.76. The van der Waals surface area contributed by atoms with E-state index in [0.717, 1.165) is 47.6 Å². The Kier molecular flexibility index (Phi) is 6.32. The van der Waals surface area contributed by atoms with Gasteiger partial charge in [-0.15, -0.1) is 0 Å². The zero-order chi connectivity index (χ0) is 22.0. The largest absolute Gasteiger partial charge is 0.247 e. The Morgan fingerprint density at radius 2 is 1.74 bits per heavy atom. The minimum atomic E-state index is -1.28. The van der Waals surface area contributed by atoms with Crippen LogP contribution in [-0.4, -0.2) is 6.17 Å². The summed E-state index contributed by atoms with van der Waals surface area (Å²) in [4.78, 5) is 0. The van der Waals surface area contributed by atoms with Gasteiger partial charge < -0.3 is 0 Å². The highest BCUT2D eigenvalue weighted by Crippen LogP contribution is 2.44. The molecule has 0 amide bonds. The van der Waals surface area contributed by atoms with Gasteiger partial charge in [0.15, 0.2) is 0 Å². The van der Waals surface area contributed by atoms with E-state index in [1.54, 1.807) is 12.1 Å². The summed E-state index contributed by atoms with van der Waals surface area (Å²) >= 11 is 0. The van der Waals surface area contributed by atoms with E-state index in [-0.39, 0.29) is 12.0 Å². The monoisotopic (exact) mass is 421 g/mol. The van der Waals surface area contributed by atoms with Crippen molar-refractivity contribution in [2.75, 3.05) is 0 Å². The quantitative estimate of drug-likeness (QED) is 0.370. The number of halogens is 3. The number of hydrogen-bond donors (Lipinski definition) is 0. The average molecular weight is 422 g/mol. The number of rotatable bonds is 6. The Labute approximate surface area is 181 Å². The molecule has 0 aromatic heterocycles. The predicted octanol–water partition coefficient (Wildman–Crippen LogP) is 8.01. The zero-order valence-electron chi connectivity index (χ0n) is 17.7. The van der Waals surface area contributed by atoms with Gasteiger partial charge in [-0.3, -0.25) is 0 Å². The second-order valence-corrected chi connectivity index (χ2v) is 8.51. The molecule has 1 nitrogen and oxygen atoms in total. The molecule has 0 heterocycles. The van der Waals surface area contributed by atoms with E-state index in [4.69, 9.17) is 5.26 Å². The number of alkyl halides is 2. The summed E-state index contributed by atoms with van der Waals surface area (Å²) in [7, 11) is 0. The number of fused-ring (bicyclic) bond motifs is 3. The molecule has 3 atom stereocenters. The molecule has 160 valence electrons. The summed E-state index contributed by atoms with van der Waals surface area (Å²) in [6.07, 6.45) is 2.46. The molecule has 3 unspecified atom stereocenters. The molecule has 3 aromatic carbocycles. The first kappa shape index (κ1) is 21.4. The summed E-state index contributed by atoms with van der Waals surface area (Å²) in [5.41, 5.74) is 2.83. The first-order chi connectivity index (χ1) is 15.0. The molecular weight excluding hydrogens is 395 g/mol. The van der Waals surface area contributed by atoms with Gasteiger partial charge in [0.05, 0.1) is 5.56 Å². The van der Waals surface area contributed by atoms with Gasteiger partial charge >= 0.3 is 0 Å². The number of hydrogen-bond acceptors (Lipinski definition) is 1. The van der Waals surface area contributed by atoms with Crippen molar-refractivity contribution in [3.63, 3.8) is 0 Å². The molecule has 1 aliphatic carbocycles. The molecule has 0 N–H and O–H groups in total. The van der Waals surface area contributed by atoms with E-state index < -0.39 is 24.1 Å². The van der Waals surface area contributed by atoms with Crippen LogP contribution in [0.2, 0.25) is 0 Å². The van der Waals surface area contributed by atoms with Crippen molar-refractivity contribution in [2.45, 2.75) is 57.8 Å². The van der Waals surface area contributed by atoms with E-state index in [1.165, 1.54) is 12.1 Å². The molecule has 0 aliphatic heterocycles. The van der Waals surface area contributed by atoms with Crippen molar-refractivity contribution in [1.82, 2.24) is 0 Å². The second-order valence-electron chi connectivity index (χ2n) is 8.51. The van der Waals surface area contributed by atoms with E-state index in [2.05, 4.69) is 6.92 Å². The smallest absolute Gasteiger partial charge is 0.141 e. The Balaban J connectivity index is 1.64. The summed E-state index contributed by atoms with van der Waals surface area (Å²) in [5, 5.41) is 10.6. The fraction of sp³-hybridized carbons (Fsp3) is 0.370. The highest BCUT2D eigenvalue weighted by molar-refractivity contribution is 5.91. The van der Waals surface area contributed by atoms with Crippen LogP contribution < -0.4 is 0 Å². The van der Waals surface area contributed by atoms with Crippen molar-refractivity contribution in [2.24, 2.45) is 5.92 Å². The van der Waals surface area contributed by atoms with Crippen LogP contribution in [0, 0.1) is 23.1 Å². The first-order valence-corrected chi connectivity index (χ1v) is 11.1. The zero-order valence-corrected chi connectivity index (χ0v) is 17.7. The van der Waals surface area contributed by atoms with Crippen LogP contribution in [0.5, 0.6) is 0 Å². The maximum Gasteiger partial charge on any atom is 0.141 e. The number of benzene rings is 3. The van der Waals surface area contributed by atoms with E-state index >= 15 is 4.39 Å². The number of nitrogens with zero attached hydrogens (tertiary/aromatic N) is 1. The molecule has 31 heavy (non-hydrogen) atoms. The van der Waals surface area contributed by atoms with Crippen LogP contribution in [0.25, 0.3) is 21.9 Å². The predicted molar refractivity (Wildman–Crippen MR) is 119 cm³/mol. The van der Waals surface area contributed by atoms with Gasteiger partial charge in [0, 0.05) is 12.3 Å². The minimum Gasteiger partial charge on any atom is -0.247 e. The van der Waals surface area contributed by atoms with Crippen molar-refractivity contribution in [3.8, 4) is 17.2 Å². The normalized spacial score (nSPS) is 20.4. The number of nitriles is 1. The highest BCUT2D eigenvalue weighted by Gasteiger charge is 2.37. The van der Waals surface area contributed by atoms with Gasteiger partial charge in [-0.1, -0.05) is 62.9 Å². The van der Waals surface area contributed by atoms with Crippen LogP contribution in [-0.2, 0) is 6.42 Å². The van der Waals surface area contributed by atoms with Crippen LogP contribution in [0.4, 0.5) is 13.2 Å². The fourth-order valence-corrected chi connectivity index (χ4v) is 4.76. The van der Waals surface area contributed by atoms with Crippen molar-refractivity contribution < 1.29 is 13.2 Å². The van der Waals surface area contributed by atoms with Crippen LogP contribution in [0.1, 0.15) is 61.9 Å². The highest BCUT2D eigenvalue weighted by atomic mass is 19.1. The second kappa shape index (κ2) is 9.14. The molecule has 1 aliphatic rings. The topological polar surface area (TPSA) is 23.8 Å². The third kappa shape index (κ3) is 4.19. The molecule has 0 fully saturated rings. The van der Waals surface area contributed by atoms with Gasteiger partial charge in [0.1, 0.15) is 24.2 Å². The van der Waals surface area contributed by atoms with Crippen molar-refractivity contribution in [3.05, 3.63) is 71.0 Å². The minimum absolute atomic E-state index is 0.00540. The maximum atomic E-state index is 15.3. The van der Waals surface area contributed by atoms with E-state index in [0.29, 0.717) is 17.5 Å². The summed E-state index contributed by atoms with van der Waals surface area (Å²) in [6.45, 7) is 2.13. The molecule has 0 saturated carbocycles. The summed E-state index contributed by atoms with van der Waals surface area (Å²) in [5.74, 6) is -1.13. The first-order valence-electron chi connectivity index (χ1n) is 11.1. The molecule has 0 spiro atoms. The number of unbranched alkanes of at least 4 members (excludes halogenated alkanes) is 3. The molecule has 0 radical (unpaired) electrons. The summed E-state index contributed by atoms with van der Waals surface area (Å²) in [6, 6.07) is 15.6. The van der Waals surface area contributed by atoms with Crippen LogP contribution >= 0.6 is 0 Å². The lowest BCUT2D eigenvalue weighted by Gasteiger charge is -2.32. The maximum absolute atomic E-state index is 15.3. The van der Waals surface area contributed by atoms with Gasteiger partial charge in [0.25, 0.3) is 0 Å². The SMILES string of the molecule is CCCCCCC1C(F)Cc2c(ccc3cc(-c4ccc(C#N)c(F)c4)ccc23)C1F. The molecule has 0 saturated heterocycles. The van der Waals surface area contributed by atoms with Crippen LogP contribution in [0.3, 0.4) is 0 Å². The van der Waals surface area contributed by atoms with Crippen molar-refractivity contribution >= 4 is 10.8 Å².